The Bertz CT molecular complexity index is 3400. The second-order valence-corrected chi connectivity index (χ2v) is 31.4. The summed E-state index contributed by atoms with van der Waals surface area (Å²) in [6.07, 6.45) is 0.385. The Kier molecular flexibility index (Phi) is 21.2. The van der Waals surface area contributed by atoms with Gasteiger partial charge in [-0.25, -0.2) is 32.3 Å². The van der Waals surface area contributed by atoms with E-state index in [4.69, 9.17) is 25.0 Å². The summed E-state index contributed by atoms with van der Waals surface area (Å²) in [5.74, 6) is -3.10. The number of primary amides is 1. The largest absolute Gasteiger partial charge is 0.484 e. The van der Waals surface area contributed by atoms with Crippen molar-refractivity contribution in [2.45, 2.75) is 130 Å². The highest BCUT2D eigenvalue weighted by Gasteiger charge is 2.44. The number of rotatable bonds is 27. The maximum Gasteiger partial charge on any atom is 0.339 e. The van der Waals surface area contributed by atoms with Crippen LogP contribution in [-0.2, 0) is 47.2 Å². The van der Waals surface area contributed by atoms with E-state index < -0.39 is 83.2 Å². The maximum absolute atomic E-state index is 14.1. The van der Waals surface area contributed by atoms with E-state index >= 15 is 0 Å². The van der Waals surface area contributed by atoms with Gasteiger partial charge in [-0.2, -0.15) is 5.10 Å². The van der Waals surface area contributed by atoms with Crippen molar-refractivity contribution in [3.63, 3.8) is 0 Å². The molecule has 3 aromatic carbocycles. The molecule has 0 radical (unpaired) electrons. The molecule has 0 unspecified atom stereocenters. The molecular weight excluding hydrogens is 1140 g/mol. The Morgan fingerprint density at radius 1 is 0.952 bits per heavy atom. The van der Waals surface area contributed by atoms with Crippen molar-refractivity contribution in [1.29, 1.82) is 0 Å². The second-order valence-electron chi connectivity index (χ2n) is 22.9. The van der Waals surface area contributed by atoms with Crippen LogP contribution in [0.25, 0.3) is 21.7 Å². The van der Waals surface area contributed by atoms with Gasteiger partial charge in [0.15, 0.2) is 0 Å². The number of ether oxygens (including phenoxy) is 3. The van der Waals surface area contributed by atoms with Gasteiger partial charge in [0.25, 0.3) is 5.91 Å². The number of benzene rings is 3. The molecule has 0 saturated carbocycles. The molecule has 4 heterocycles. The van der Waals surface area contributed by atoms with Crippen molar-refractivity contribution in [2.75, 3.05) is 35.6 Å². The number of sulfonamides is 1. The first-order valence-electron chi connectivity index (χ1n) is 27.7. The third-order valence-corrected chi connectivity index (χ3v) is 17.9. The van der Waals surface area contributed by atoms with Gasteiger partial charge in [-0.05, 0) is 98.2 Å². The molecule has 7 rings (SSSR count). The summed E-state index contributed by atoms with van der Waals surface area (Å²) >= 11 is 1.55. The molecule has 1 aliphatic rings. The van der Waals surface area contributed by atoms with Gasteiger partial charge in [0.1, 0.15) is 59.4 Å². The average molecular weight is 1210 g/mol. The zero-order chi connectivity index (χ0) is 61.1. The number of hydrogen-bond acceptors (Lipinski definition) is 16. The van der Waals surface area contributed by atoms with Crippen molar-refractivity contribution >= 4 is 76.4 Å². The zero-order valence-corrected chi connectivity index (χ0v) is 51.4. The Morgan fingerprint density at radius 2 is 1.67 bits per heavy atom. The van der Waals surface area contributed by atoms with Crippen LogP contribution in [0.4, 0.5) is 21.7 Å². The molecule has 0 aliphatic carbocycles. The number of aryl methyl sites for hydroxylation is 1. The number of amides is 4. The summed E-state index contributed by atoms with van der Waals surface area (Å²) in [6, 6.07) is 19.9. The molecule has 84 heavy (non-hydrogen) atoms. The summed E-state index contributed by atoms with van der Waals surface area (Å²) in [6.45, 7) is 17.6. The lowest BCUT2D eigenvalue weighted by Crippen LogP contribution is -2.57. The normalized spacial score (nSPS) is 15.2. The van der Waals surface area contributed by atoms with Crippen molar-refractivity contribution < 1.29 is 56.1 Å². The van der Waals surface area contributed by atoms with Crippen LogP contribution in [0.15, 0.2) is 90.6 Å². The van der Waals surface area contributed by atoms with Gasteiger partial charge in [-0.3, -0.25) is 23.9 Å². The third kappa shape index (κ3) is 17.3. The number of esters is 1. The number of nitrogens with one attached hydrogen (secondary N) is 4. The highest BCUT2D eigenvalue weighted by atomic mass is 32.2. The number of β-amino-alcohol motifs (C(OH)–C–C–N with tert-alkyl or cyclic N) is 1. The number of hydrogen-bond donors (Lipinski definition) is 6. The van der Waals surface area contributed by atoms with Crippen molar-refractivity contribution in [1.82, 2.24) is 35.3 Å². The molecule has 25 heteroatoms. The first-order chi connectivity index (χ1) is 39.7. The zero-order valence-electron chi connectivity index (χ0n) is 48.8. The molecule has 1 fully saturated rings. The topological polar surface area (TPSA) is 288 Å². The Hall–Kier alpha value is -7.58. The van der Waals surface area contributed by atoms with Gasteiger partial charge in [-0.15, -0.1) is 11.3 Å². The van der Waals surface area contributed by atoms with Crippen LogP contribution in [0.1, 0.15) is 104 Å². The molecule has 0 spiro atoms. The highest BCUT2D eigenvalue weighted by molar-refractivity contribution is 7.92. The number of nitrogens with zero attached hydrogens (tertiary/aromatic N) is 5. The van der Waals surface area contributed by atoms with Gasteiger partial charge in [0.2, 0.25) is 27.7 Å². The standard InChI is InChI=1S/C59H75FN10O11S2Si/c1-10-83(77,78)68-45-24-20-41(29-47(45)81-37(3)39-18-22-43(60)23-19-39)51-50(54(61)73)55(70(67-51)35-79-27-28-84(7,8)9)65-48-25-21-42(32-62-48)58(76)80-26-12-11-13-49(72)66-53(59(4,5)6)57(75)69-33-44(71)30-46(69)56(74)63-31-38-14-16-40(17-15-38)52-36(2)64-34-82-52/h14-25,29,32,34,37,44,46,53,68,71H,10-13,26-28,30-31,33,35H2,1-9H3,(H2,61,73)(H,62,65)(H,63,74)(H,66,72)/t37-,44+,46-,53+/m0/s1. The SMILES string of the molecule is CCS(=O)(=O)Nc1ccc(-c2nn(COCC[Si](C)(C)C)c(Nc3ccc(C(=O)OCCCCC(=O)N[C@H](C(=O)N4C[C@H](O)C[C@H]4C(=O)NCc4ccc(-c5scnc5C)cc4)C(C)(C)C)cn3)c2C(N)=O)cc1O[C@@H](C)c1ccc(F)cc1. The van der Waals surface area contributed by atoms with Crippen LogP contribution in [0.2, 0.25) is 25.7 Å². The number of aliphatic hydroxyl groups is 1. The Balaban J connectivity index is 0.966. The van der Waals surface area contributed by atoms with Crippen LogP contribution in [0, 0.1) is 18.2 Å². The molecule has 7 N–H and O–H groups in total. The fraction of sp³-hybridized carbons (Fsp3) is 0.424. The number of aliphatic hydroxyl groups excluding tert-OH is 1. The number of unbranched alkanes of at least 4 members (excludes halogenated alkanes) is 1. The number of likely N-dealkylation sites (tertiary alicyclic amines) is 1. The lowest BCUT2D eigenvalue weighted by Gasteiger charge is -2.35. The quantitative estimate of drug-likeness (QED) is 0.0160. The highest BCUT2D eigenvalue weighted by Crippen LogP contribution is 2.38. The molecule has 1 saturated heterocycles. The summed E-state index contributed by atoms with van der Waals surface area (Å²) in [4.78, 5) is 78.9. The summed E-state index contributed by atoms with van der Waals surface area (Å²) < 4.78 is 61.2. The number of anilines is 3. The van der Waals surface area contributed by atoms with E-state index in [2.05, 4.69) is 50.3 Å². The van der Waals surface area contributed by atoms with Gasteiger partial charge < -0.3 is 45.9 Å². The molecule has 21 nitrogen and oxygen atoms in total. The van der Waals surface area contributed by atoms with Crippen LogP contribution in [-0.4, -0.2) is 120 Å². The van der Waals surface area contributed by atoms with E-state index in [9.17, 15) is 41.9 Å². The van der Waals surface area contributed by atoms with E-state index in [0.717, 1.165) is 27.7 Å². The number of halogens is 1. The van der Waals surface area contributed by atoms with Gasteiger partial charge in [0, 0.05) is 52.4 Å². The summed E-state index contributed by atoms with van der Waals surface area (Å²) in [7, 11) is -5.28. The maximum atomic E-state index is 14.1. The lowest BCUT2D eigenvalue weighted by molar-refractivity contribution is -0.144. The molecule has 4 atom stereocenters. The first kappa shape index (κ1) is 64.0. The van der Waals surface area contributed by atoms with E-state index in [1.54, 1.807) is 62.7 Å². The summed E-state index contributed by atoms with van der Waals surface area (Å²) in [5, 5.41) is 24.3. The monoisotopic (exact) mass is 1210 g/mol. The lowest BCUT2D eigenvalue weighted by atomic mass is 9.85. The number of thiazole rings is 1. The number of nitrogens with two attached hydrogens (primary N) is 1. The molecular formula is C59H75FN10O11S2Si. The summed E-state index contributed by atoms with van der Waals surface area (Å²) in [5.41, 5.74) is 11.2. The Morgan fingerprint density at radius 3 is 2.30 bits per heavy atom. The van der Waals surface area contributed by atoms with Crippen molar-refractivity contribution in [2.24, 2.45) is 11.1 Å². The third-order valence-electron chi connectivity index (χ3n) is 13.9. The average Bonchev–Trinajstić information content (AvgIpc) is 2.91. The van der Waals surface area contributed by atoms with E-state index in [-0.39, 0.29) is 84.9 Å². The first-order valence-corrected chi connectivity index (χ1v) is 33.9. The minimum atomic E-state index is -3.78. The predicted molar refractivity (Wildman–Crippen MR) is 322 cm³/mol. The van der Waals surface area contributed by atoms with E-state index in [1.165, 1.54) is 59.1 Å². The fourth-order valence-corrected chi connectivity index (χ4v) is 11.3. The molecule has 1 aliphatic heterocycles. The minimum Gasteiger partial charge on any atom is -0.484 e. The Labute approximate surface area is 494 Å². The van der Waals surface area contributed by atoms with E-state index in [1.807, 2.05) is 31.2 Å². The van der Waals surface area contributed by atoms with Crippen LogP contribution in [0.5, 0.6) is 5.75 Å². The predicted octanol–water partition coefficient (Wildman–Crippen LogP) is 8.71. The number of carbonyl (C=O) groups is 5. The van der Waals surface area contributed by atoms with Crippen molar-refractivity contribution in [3.05, 3.63) is 124 Å². The van der Waals surface area contributed by atoms with Gasteiger partial charge in [0.05, 0.1) is 45.8 Å². The number of aromatic nitrogens is 4. The molecule has 450 valence electrons. The fourth-order valence-electron chi connectivity index (χ4n) is 9.09. The molecule has 3 aromatic heterocycles. The van der Waals surface area contributed by atoms with E-state index in [0.29, 0.717) is 30.6 Å². The van der Waals surface area contributed by atoms with Crippen LogP contribution in [0.3, 0.4) is 0 Å². The van der Waals surface area contributed by atoms with Crippen molar-refractivity contribution in [3.8, 4) is 27.4 Å². The van der Waals surface area contributed by atoms with Gasteiger partial charge >= 0.3 is 5.97 Å². The van der Waals surface area contributed by atoms with Crippen LogP contribution < -0.4 is 31.1 Å². The molecule has 0 bridgehead atoms. The number of pyridine rings is 1. The minimum absolute atomic E-state index is 0.0135. The van der Waals surface area contributed by atoms with Crippen LogP contribution >= 0.6 is 11.3 Å². The molecule has 4 amide bonds. The van der Waals surface area contributed by atoms with Gasteiger partial charge in [-0.1, -0.05) is 82.9 Å². The smallest absolute Gasteiger partial charge is 0.339 e. The molecule has 6 aromatic rings. The second kappa shape index (κ2) is 27.9. The number of carbonyl (C=O) groups excluding carboxylic acids is 5.